The monoisotopic (exact) mass is 510 g/mol. The van der Waals surface area contributed by atoms with Crippen molar-refractivity contribution >= 4 is 28.4 Å². The fourth-order valence-electron chi connectivity index (χ4n) is 5.34. The second kappa shape index (κ2) is 13.7. The number of piperidine rings is 1. The number of nitrogens with two attached hydrogens (primary N) is 1. The van der Waals surface area contributed by atoms with E-state index in [0.29, 0.717) is 25.3 Å². The van der Waals surface area contributed by atoms with Crippen LogP contribution in [0, 0.1) is 0 Å². The SMILES string of the molecule is C.CC(C)N[C@H](CCCCN1CCCCC1)C(=O)N1CC[C@H]1C(=O)NCc1ccc2c(N)nccc2c1. The van der Waals surface area contributed by atoms with Crippen molar-refractivity contribution in [3.63, 3.8) is 0 Å². The van der Waals surface area contributed by atoms with Crippen LogP contribution in [0.15, 0.2) is 30.5 Å². The number of carbonyl (C=O) groups excluding carboxylic acids is 2. The standard InChI is InChI=1S/C28H42N6O2.CH4/c1-20(2)32-24(8-4-7-16-33-14-5-3-6-15-33)28(36)34-17-12-25(34)27(35)31-19-21-9-10-23-22(18-21)11-13-30-26(23)29;/h9-11,13,18,20,24-25,32H,3-8,12,14-17,19H2,1-2H3,(H2,29,30)(H,31,35);1H4/t24-,25+;/m1./s1. The van der Waals surface area contributed by atoms with Crippen LogP contribution in [-0.4, -0.2) is 70.9 Å². The first kappa shape index (κ1) is 28.9. The van der Waals surface area contributed by atoms with Gasteiger partial charge in [0, 0.05) is 30.7 Å². The molecule has 2 fully saturated rings. The normalized spacial score (nSPS) is 18.8. The number of unbranched alkanes of at least 4 members (excludes halogenated alkanes) is 1. The number of carbonyl (C=O) groups is 2. The number of pyridine rings is 1. The van der Waals surface area contributed by atoms with Gasteiger partial charge in [-0.3, -0.25) is 9.59 Å². The third kappa shape index (κ3) is 7.65. The number of rotatable bonds is 11. The average Bonchev–Trinajstić information content (AvgIpc) is 2.84. The van der Waals surface area contributed by atoms with E-state index in [9.17, 15) is 9.59 Å². The molecule has 2 aliphatic rings. The van der Waals surface area contributed by atoms with E-state index in [-0.39, 0.29) is 37.4 Å². The lowest BCUT2D eigenvalue weighted by Gasteiger charge is -2.42. The van der Waals surface area contributed by atoms with Crippen LogP contribution in [0.1, 0.15) is 71.8 Å². The van der Waals surface area contributed by atoms with Gasteiger partial charge in [0.05, 0.1) is 6.04 Å². The van der Waals surface area contributed by atoms with Crippen molar-refractivity contribution in [3.05, 3.63) is 36.0 Å². The number of benzene rings is 1. The van der Waals surface area contributed by atoms with Crippen molar-refractivity contribution in [3.8, 4) is 0 Å². The number of nitrogen functional groups attached to an aromatic ring is 1. The third-order valence-corrected chi connectivity index (χ3v) is 7.43. The summed E-state index contributed by atoms with van der Waals surface area (Å²) in [6.07, 6.45) is 9.30. The zero-order valence-electron chi connectivity index (χ0n) is 21.8. The highest BCUT2D eigenvalue weighted by Gasteiger charge is 2.40. The van der Waals surface area contributed by atoms with Crippen LogP contribution in [0.2, 0.25) is 0 Å². The van der Waals surface area contributed by atoms with Gasteiger partial charge in [-0.25, -0.2) is 4.98 Å². The maximum absolute atomic E-state index is 13.4. The summed E-state index contributed by atoms with van der Waals surface area (Å²) in [5.41, 5.74) is 6.93. The summed E-state index contributed by atoms with van der Waals surface area (Å²) in [7, 11) is 0. The summed E-state index contributed by atoms with van der Waals surface area (Å²) in [4.78, 5) is 34.8. The van der Waals surface area contributed by atoms with E-state index in [2.05, 4.69) is 34.4 Å². The van der Waals surface area contributed by atoms with Gasteiger partial charge in [-0.1, -0.05) is 46.2 Å². The molecule has 0 unspecified atom stereocenters. The van der Waals surface area contributed by atoms with E-state index in [1.807, 2.05) is 24.3 Å². The van der Waals surface area contributed by atoms with Crippen LogP contribution >= 0.6 is 0 Å². The molecule has 0 saturated carbocycles. The first-order chi connectivity index (χ1) is 17.4. The molecular formula is C29H46N6O2. The molecule has 0 bridgehead atoms. The Morgan fingerprint density at radius 1 is 1.11 bits per heavy atom. The van der Waals surface area contributed by atoms with Gasteiger partial charge >= 0.3 is 0 Å². The number of nitrogens with zero attached hydrogens (tertiary/aromatic N) is 3. The van der Waals surface area contributed by atoms with Gasteiger partial charge in [-0.15, -0.1) is 0 Å². The molecule has 0 radical (unpaired) electrons. The van der Waals surface area contributed by atoms with Gasteiger partial charge < -0.3 is 26.2 Å². The van der Waals surface area contributed by atoms with Crippen molar-refractivity contribution in [1.29, 1.82) is 0 Å². The summed E-state index contributed by atoms with van der Waals surface area (Å²) in [5.74, 6) is 0.474. The Labute approximate surface area is 222 Å². The lowest BCUT2D eigenvalue weighted by atomic mass is 9.98. The molecule has 3 heterocycles. The van der Waals surface area contributed by atoms with E-state index in [0.717, 1.165) is 42.1 Å². The summed E-state index contributed by atoms with van der Waals surface area (Å²) in [5, 5.41) is 8.39. The first-order valence-electron chi connectivity index (χ1n) is 13.6. The van der Waals surface area contributed by atoms with Crippen LogP contribution in [0.3, 0.4) is 0 Å². The van der Waals surface area contributed by atoms with Gasteiger partial charge in [-0.05, 0) is 74.8 Å². The van der Waals surface area contributed by atoms with E-state index in [1.54, 1.807) is 11.1 Å². The van der Waals surface area contributed by atoms with E-state index in [1.165, 1.54) is 32.4 Å². The van der Waals surface area contributed by atoms with Crippen molar-refractivity contribution in [2.24, 2.45) is 0 Å². The van der Waals surface area contributed by atoms with Crippen LogP contribution in [-0.2, 0) is 16.1 Å². The van der Waals surface area contributed by atoms with E-state index >= 15 is 0 Å². The summed E-state index contributed by atoms with van der Waals surface area (Å²) in [6, 6.07) is 7.42. The highest BCUT2D eigenvalue weighted by Crippen LogP contribution is 2.22. The average molecular weight is 511 g/mol. The molecule has 0 spiro atoms. The lowest BCUT2D eigenvalue weighted by Crippen LogP contribution is -2.62. The van der Waals surface area contributed by atoms with Crippen LogP contribution in [0.5, 0.6) is 0 Å². The van der Waals surface area contributed by atoms with Gasteiger partial charge in [0.15, 0.2) is 0 Å². The Balaban J connectivity index is 0.00000380. The van der Waals surface area contributed by atoms with E-state index in [4.69, 9.17) is 5.73 Å². The molecule has 2 aromatic rings. The number of anilines is 1. The lowest BCUT2D eigenvalue weighted by molar-refractivity contribution is -0.149. The molecule has 2 atom stereocenters. The number of aromatic nitrogens is 1. The molecule has 1 aromatic heterocycles. The van der Waals surface area contributed by atoms with Crippen molar-refractivity contribution in [2.75, 3.05) is 31.9 Å². The molecule has 8 nitrogen and oxygen atoms in total. The Morgan fingerprint density at radius 3 is 2.59 bits per heavy atom. The topological polar surface area (TPSA) is 104 Å². The first-order valence-corrected chi connectivity index (χ1v) is 13.6. The minimum Gasteiger partial charge on any atom is -0.383 e. The fraction of sp³-hybridized carbons (Fsp3) is 0.621. The van der Waals surface area contributed by atoms with Crippen molar-refractivity contribution in [1.82, 2.24) is 25.4 Å². The molecule has 2 amide bonds. The molecule has 2 aliphatic heterocycles. The predicted molar refractivity (Wildman–Crippen MR) is 151 cm³/mol. The highest BCUT2D eigenvalue weighted by atomic mass is 16.2. The smallest absolute Gasteiger partial charge is 0.243 e. The number of likely N-dealkylation sites (tertiary alicyclic amines) is 2. The minimum absolute atomic E-state index is 0. The van der Waals surface area contributed by atoms with Crippen molar-refractivity contribution in [2.45, 2.75) is 90.9 Å². The minimum atomic E-state index is -0.386. The molecule has 37 heavy (non-hydrogen) atoms. The molecule has 1 aromatic carbocycles. The quantitative estimate of drug-likeness (QED) is 0.399. The van der Waals surface area contributed by atoms with Gasteiger partial charge in [0.25, 0.3) is 0 Å². The maximum Gasteiger partial charge on any atom is 0.243 e. The Hall–Kier alpha value is -2.71. The number of fused-ring (bicyclic) bond motifs is 1. The zero-order valence-corrected chi connectivity index (χ0v) is 21.8. The number of amides is 2. The van der Waals surface area contributed by atoms with Gasteiger partial charge in [-0.2, -0.15) is 0 Å². The summed E-state index contributed by atoms with van der Waals surface area (Å²) in [6.45, 7) is 8.74. The third-order valence-electron chi connectivity index (χ3n) is 7.43. The highest BCUT2D eigenvalue weighted by molar-refractivity contribution is 5.92. The Bertz CT molecular complexity index is 1040. The second-order valence-electron chi connectivity index (χ2n) is 10.6. The molecular weight excluding hydrogens is 464 g/mol. The molecule has 4 N–H and O–H groups in total. The number of hydrogen-bond donors (Lipinski definition) is 3. The van der Waals surface area contributed by atoms with Gasteiger partial charge in [0.1, 0.15) is 11.9 Å². The second-order valence-corrected chi connectivity index (χ2v) is 10.6. The van der Waals surface area contributed by atoms with Crippen molar-refractivity contribution < 1.29 is 9.59 Å². The number of hydrogen-bond acceptors (Lipinski definition) is 6. The maximum atomic E-state index is 13.4. The molecule has 204 valence electrons. The molecule has 8 heteroatoms. The largest absolute Gasteiger partial charge is 0.383 e. The summed E-state index contributed by atoms with van der Waals surface area (Å²) >= 11 is 0. The van der Waals surface area contributed by atoms with E-state index < -0.39 is 0 Å². The van der Waals surface area contributed by atoms with Crippen LogP contribution < -0.4 is 16.4 Å². The fourth-order valence-corrected chi connectivity index (χ4v) is 5.34. The molecule has 4 rings (SSSR count). The Kier molecular flexibility index (Phi) is 10.7. The van der Waals surface area contributed by atoms with Crippen LogP contribution in [0.25, 0.3) is 10.8 Å². The molecule has 2 saturated heterocycles. The number of nitrogens with one attached hydrogen (secondary N) is 2. The zero-order chi connectivity index (χ0) is 25.5. The van der Waals surface area contributed by atoms with Crippen LogP contribution in [0.4, 0.5) is 5.82 Å². The summed E-state index contributed by atoms with van der Waals surface area (Å²) < 4.78 is 0. The predicted octanol–water partition coefficient (Wildman–Crippen LogP) is 3.69. The van der Waals surface area contributed by atoms with Gasteiger partial charge in [0.2, 0.25) is 11.8 Å². The Morgan fingerprint density at radius 2 is 1.89 bits per heavy atom. The molecule has 0 aliphatic carbocycles.